The Balaban J connectivity index is 1.22. The van der Waals surface area contributed by atoms with Gasteiger partial charge in [-0.15, -0.1) is 22.7 Å². The fraction of sp³-hybridized carbons (Fsp3) is 0.0444. The molecule has 0 N–H and O–H groups in total. The normalized spacial score (nSPS) is 16.6. The summed E-state index contributed by atoms with van der Waals surface area (Å²) in [6, 6.07) is 43.8. The highest BCUT2D eigenvalue weighted by Crippen LogP contribution is 2.58. The van der Waals surface area contributed by atoms with Gasteiger partial charge in [-0.3, -0.25) is 4.57 Å². The zero-order valence-electron chi connectivity index (χ0n) is 26.6. The molecule has 0 fully saturated rings. The predicted octanol–water partition coefficient (Wildman–Crippen LogP) is 13.1. The molecule has 3 nitrogen and oxygen atoms in total. The highest BCUT2D eigenvalue weighted by Gasteiger charge is 2.39. The Morgan fingerprint density at radius 3 is 2.10 bits per heavy atom. The van der Waals surface area contributed by atoms with Crippen LogP contribution in [0.15, 0.2) is 150 Å². The molecule has 0 saturated carbocycles. The van der Waals surface area contributed by atoms with Crippen LogP contribution >= 0.6 is 22.7 Å². The molecular weight excluding hydrogens is 649 g/mol. The third kappa shape index (κ3) is 3.55. The summed E-state index contributed by atoms with van der Waals surface area (Å²) in [4.78, 5) is 7.04. The van der Waals surface area contributed by atoms with Crippen LogP contribution in [0.1, 0.15) is 23.0 Å². The van der Waals surface area contributed by atoms with Gasteiger partial charge in [-0.2, -0.15) is 0 Å². The second kappa shape index (κ2) is 9.91. The summed E-state index contributed by atoms with van der Waals surface area (Å²) < 4.78 is 12.5. The molecule has 0 amide bonds. The maximum Gasteiger partial charge on any atom is 0.139 e. The number of pyridine rings is 1. The van der Waals surface area contributed by atoms with Gasteiger partial charge in [-0.1, -0.05) is 97.1 Å². The molecule has 5 aromatic heterocycles. The minimum Gasteiger partial charge on any atom is -0.456 e. The van der Waals surface area contributed by atoms with E-state index in [1.165, 1.54) is 62.9 Å². The van der Waals surface area contributed by atoms with Crippen molar-refractivity contribution in [2.24, 2.45) is 0 Å². The second-order valence-corrected chi connectivity index (χ2v) is 15.5. The number of aromatic nitrogens is 2. The lowest BCUT2D eigenvalue weighted by molar-refractivity contribution is 0.669. The Labute approximate surface area is 294 Å². The van der Waals surface area contributed by atoms with Crippen LogP contribution in [0.4, 0.5) is 0 Å². The van der Waals surface area contributed by atoms with E-state index >= 15 is 0 Å². The van der Waals surface area contributed by atoms with Crippen molar-refractivity contribution < 1.29 is 4.42 Å². The number of hydrogen-bond donors (Lipinski definition) is 0. The van der Waals surface area contributed by atoms with Gasteiger partial charge in [0.05, 0.1) is 26.5 Å². The van der Waals surface area contributed by atoms with E-state index < -0.39 is 0 Å². The van der Waals surface area contributed by atoms with Crippen LogP contribution in [0.25, 0.3) is 90.7 Å². The van der Waals surface area contributed by atoms with Crippen molar-refractivity contribution in [3.05, 3.63) is 157 Å². The van der Waals surface area contributed by atoms with Crippen LogP contribution < -0.4 is 0 Å². The molecule has 50 heavy (non-hydrogen) atoms. The lowest BCUT2D eigenvalue weighted by atomic mass is 9.73. The van der Waals surface area contributed by atoms with E-state index in [9.17, 15) is 0 Å². The average molecular weight is 675 g/mol. The second-order valence-electron chi connectivity index (χ2n) is 13.4. The van der Waals surface area contributed by atoms with E-state index in [2.05, 4.69) is 138 Å². The van der Waals surface area contributed by atoms with E-state index in [0.717, 1.165) is 39.0 Å². The molecule has 2 unspecified atom stereocenters. The first-order valence-corrected chi connectivity index (χ1v) is 18.7. The van der Waals surface area contributed by atoms with E-state index in [1.807, 2.05) is 34.8 Å². The van der Waals surface area contributed by atoms with Crippen LogP contribution in [-0.2, 0) is 0 Å². The molecule has 5 heteroatoms. The summed E-state index contributed by atoms with van der Waals surface area (Å²) >= 11 is 3.75. The van der Waals surface area contributed by atoms with Gasteiger partial charge in [0.2, 0.25) is 0 Å². The lowest BCUT2D eigenvalue weighted by Gasteiger charge is -2.31. The first-order valence-electron chi connectivity index (χ1n) is 17.0. The fourth-order valence-electron chi connectivity index (χ4n) is 8.69. The molecule has 0 saturated heterocycles. The largest absolute Gasteiger partial charge is 0.456 e. The molecule has 10 aromatic rings. The van der Waals surface area contributed by atoms with Crippen molar-refractivity contribution in [2.45, 2.75) is 11.8 Å². The van der Waals surface area contributed by atoms with Gasteiger partial charge in [0.25, 0.3) is 0 Å². The molecular formula is C45H26N2OS2. The fourth-order valence-corrected chi connectivity index (χ4v) is 11.2. The minimum absolute atomic E-state index is 0.244. The number of thiophene rings is 2. The zero-order valence-corrected chi connectivity index (χ0v) is 28.3. The summed E-state index contributed by atoms with van der Waals surface area (Å²) in [5.74, 6) is 1.48. The number of fused-ring (bicyclic) bond motifs is 16. The molecule has 2 aliphatic rings. The molecule has 0 spiro atoms. The standard InChI is InChI=1S/C45H26N2OS2/c1-2-14-29-28(13-1)40-30-15-3-7-17-34(30)47(43(40)45-41(29)31-16-6-10-20-38(31)50-45)39-24-33-27-12-5-9-19-37(27)49-44(33)42(46-39)25-21-22-36-32(23-25)26-11-4-8-18-35(26)48-36/h1-24,28-29H. The van der Waals surface area contributed by atoms with Gasteiger partial charge < -0.3 is 4.42 Å². The van der Waals surface area contributed by atoms with Crippen molar-refractivity contribution in [3.8, 4) is 27.6 Å². The highest BCUT2D eigenvalue weighted by atomic mass is 32.1. The van der Waals surface area contributed by atoms with Gasteiger partial charge in [0.15, 0.2) is 0 Å². The number of para-hydroxylation sites is 2. The van der Waals surface area contributed by atoms with Gasteiger partial charge in [0, 0.05) is 53.7 Å². The maximum absolute atomic E-state index is 6.24. The Hall–Kier alpha value is -5.75. The number of furan rings is 1. The topological polar surface area (TPSA) is 31.0 Å². The molecule has 0 bridgehead atoms. The van der Waals surface area contributed by atoms with E-state index in [4.69, 9.17) is 9.40 Å². The number of hydrogen-bond acceptors (Lipinski definition) is 4. The van der Waals surface area contributed by atoms with Crippen molar-refractivity contribution in [3.63, 3.8) is 0 Å². The Kier molecular flexibility index (Phi) is 5.38. The first-order chi connectivity index (χ1) is 24.8. The van der Waals surface area contributed by atoms with Crippen molar-refractivity contribution >= 4 is 85.8 Å². The van der Waals surface area contributed by atoms with E-state index in [1.54, 1.807) is 0 Å². The van der Waals surface area contributed by atoms with Gasteiger partial charge in [-0.05, 0) is 65.0 Å². The van der Waals surface area contributed by atoms with Crippen molar-refractivity contribution in [2.75, 3.05) is 0 Å². The SMILES string of the molecule is C1=CC2c3c(sc4ccccc34)-c3c(c4ccccc4n3-c3cc4c(sc5ccccc54)c(-c4ccc5oc6ccccc6c5c4)n3)C2C=C1. The summed E-state index contributed by atoms with van der Waals surface area (Å²) in [7, 11) is 0. The lowest BCUT2D eigenvalue weighted by Crippen LogP contribution is -2.16. The van der Waals surface area contributed by atoms with Crippen LogP contribution in [0.2, 0.25) is 0 Å². The van der Waals surface area contributed by atoms with Crippen LogP contribution in [0.5, 0.6) is 0 Å². The minimum atomic E-state index is 0.244. The van der Waals surface area contributed by atoms with Gasteiger partial charge in [-0.25, -0.2) is 4.98 Å². The zero-order chi connectivity index (χ0) is 32.5. The monoisotopic (exact) mass is 674 g/mol. The molecule has 12 rings (SSSR count). The predicted molar refractivity (Wildman–Crippen MR) is 211 cm³/mol. The Bertz CT molecular complexity index is 3130. The number of nitrogens with zero attached hydrogens (tertiary/aromatic N) is 2. The van der Waals surface area contributed by atoms with Crippen LogP contribution in [0, 0.1) is 0 Å². The van der Waals surface area contributed by atoms with Gasteiger partial charge in [0.1, 0.15) is 17.0 Å². The maximum atomic E-state index is 6.24. The number of benzene rings is 5. The summed E-state index contributed by atoms with van der Waals surface area (Å²) in [5.41, 5.74) is 9.20. The third-order valence-electron chi connectivity index (χ3n) is 10.8. The molecule has 0 aliphatic heterocycles. The smallest absolute Gasteiger partial charge is 0.139 e. The summed E-state index contributed by atoms with van der Waals surface area (Å²) in [6.07, 6.45) is 9.28. The quantitative estimate of drug-likeness (QED) is 0.183. The molecule has 5 aromatic carbocycles. The number of allylic oxidation sites excluding steroid dienone is 4. The average Bonchev–Trinajstić information content (AvgIpc) is 3.93. The molecule has 2 aliphatic carbocycles. The van der Waals surface area contributed by atoms with Crippen molar-refractivity contribution in [1.82, 2.24) is 9.55 Å². The number of rotatable bonds is 2. The Morgan fingerprint density at radius 1 is 0.560 bits per heavy atom. The Morgan fingerprint density at radius 2 is 1.24 bits per heavy atom. The van der Waals surface area contributed by atoms with Crippen molar-refractivity contribution in [1.29, 1.82) is 0 Å². The molecule has 2 atom stereocenters. The summed E-state index contributed by atoms with van der Waals surface area (Å²) in [5, 5.41) is 7.39. The summed E-state index contributed by atoms with van der Waals surface area (Å²) in [6.45, 7) is 0. The molecule has 0 radical (unpaired) electrons. The third-order valence-corrected chi connectivity index (χ3v) is 13.2. The highest BCUT2D eigenvalue weighted by molar-refractivity contribution is 7.26. The van der Waals surface area contributed by atoms with Crippen LogP contribution in [-0.4, -0.2) is 9.55 Å². The van der Waals surface area contributed by atoms with E-state index in [0.29, 0.717) is 5.92 Å². The van der Waals surface area contributed by atoms with Crippen LogP contribution in [0.3, 0.4) is 0 Å². The van der Waals surface area contributed by atoms with Gasteiger partial charge >= 0.3 is 0 Å². The molecule has 234 valence electrons. The first kappa shape index (κ1) is 27.1. The molecule has 5 heterocycles. The van der Waals surface area contributed by atoms with E-state index in [-0.39, 0.29) is 5.92 Å².